The number of anilines is 1. The number of rotatable bonds is 2. The Bertz CT molecular complexity index is 1310. The molecule has 0 saturated carbocycles. The van der Waals surface area contributed by atoms with Gasteiger partial charge in [-0.05, 0) is 42.5 Å². The lowest BCUT2D eigenvalue weighted by atomic mass is 10.0. The Labute approximate surface area is 205 Å². The van der Waals surface area contributed by atoms with Crippen LogP contribution in [0.5, 0.6) is 0 Å². The van der Waals surface area contributed by atoms with Gasteiger partial charge in [0, 0.05) is 26.3 Å². The standard InChI is InChI=1S/C23H15BrClF3N4O2/c24-14-8-9-19-17(11-14)21(16-6-1-2-7-18(16)25)29-12-20(31-19)32-34-22(33)30-15-5-3-4-13(10-15)23(26,27)28/h1-11H,12H2,(H,30,33)(H,31,32). The van der Waals surface area contributed by atoms with Gasteiger partial charge in [0.15, 0.2) is 5.84 Å². The van der Waals surface area contributed by atoms with Gasteiger partial charge in [0.1, 0.15) is 6.54 Å². The van der Waals surface area contributed by atoms with Crippen LogP contribution in [0.15, 0.2) is 81.2 Å². The monoisotopic (exact) mass is 550 g/mol. The number of halogens is 5. The second-order valence-corrected chi connectivity index (χ2v) is 8.38. The first-order valence-electron chi connectivity index (χ1n) is 9.78. The van der Waals surface area contributed by atoms with Crippen molar-refractivity contribution in [3.8, 4) is 0 Å². The Kier molecular flexibility index (Phi) is 6.90. The fourth-order valence-corrected chi connectivity index (χ4v) is 3.76. The molecule has 1 aliphatic heterocycles. The van der Waals surface area contributed by atoms with Crippen molar-refractivity contribution in [3.05, 3.63) is 92.9 Å². The molecule has 0 aromatic heterocycles. The summed E-state index contributed by atoms with van der Waals surface area (Å²) in [5.41, 5.74) is 4.06. The first kappa shape index (κ1) is 23.8. The van der Waals surface area contributed by atoms with Crippen LogP contribution in [0.1, 0.15) is 16.7 Å². The number of alkyl halides is 3. The van der Waals surface area contributed by atoms with Crippen molar-refractivity contribution >= 4 is 56.5 Å². The van der Waals surface area contributed by atoms with E-state index >= 15 is 0 Å². The smallest absolute Gasteiger partial charge is 0.323 e. The third-order valence-electron chi connectivity index (χ3n) is 4.68. The topological polar surface area (TPSA) is 75.1 Å². The Morgan fingerprint density at radius 2 is 1.82 bits per heavy atom. The normalized spacial score (nSPS) is 13.2. The van der Waals surface area contributed by atoms with E-state index < -0.39 is 17.8 Å². The Morgan fingerprint density at radius 3 is 2.59 bits per heavy atom. The van der Waals surface area contributed by atoms with E-state index in [-0.39, 0.29) is 18.1 Å². The molecule has 0 saturated heterocycles. The average molecular weight is 552 g/mol. The van der Waals surface area contributed by atoms with Crippen molar-refractivity contribution in [2.45, 2.75) is 6.18 Å². The van der Waals surface area contributed by atoms with Crippen LogP contribution in [0, 0.1) is 0 Å². The summed E-state index contributed by atoms with van der Waals surface area (Å²) in [6.45, 7) is 0.0314. The van der Waals surface area contributed by atoms with Crippen LogP contribution in [0.25, 0.3) is 0 Å². The SMILES string of the molecule is O=C(Nc1cccc(C(F)(F)F)c1)ONC1=Nc2ccc(Br)cc2C(c2ccccc2Cl)=NC1. The van der Waals surface area contributed by atoms with E-state index in [4.69, 9.17) is 16.4 Å². The van der Waals surface area contributed by atoms with Crippen LogP contribution in [-0.2, 0) is 11.0 Å². The lowest BCUT2D eigenvalue weighted by Crippen LogP contribution is -2.31. The fraction of sp³-hybridized carbons (Fsp3) is 0.0870. The highest BCUT2D eigenvalue weighted by molar-refractivity contribution is 9.10. The molecule has 11 heteroatoms. The van der Waals surface area contributed by atoms with Gasteiger partial charge >= 0.3 is 12.3 Å². The van der Waals surface area contributed by atoms with Gasteiger partial charge < -0.3 is 4.84 Å². The predicted molar refractivity (Wildman–Crippen MR) is 128 cm³/mol. The zero-order valence-electron chi connectivity index (χ0n) is 17.2. The Balaban J connectivity index is 1.52. The summed E-state index contributed by atoms with van der Waals surface area (Å²) in [6, 6.07) is 16.9. The average Bonchev–Trinajstić information content (AvgIpc) is 2.97. The van der Waals surface area contributed by atoms with Gasteiger partial charge in [-0.25, -0.2) is 15.3 Å². The minimum Gasteiger partial charge on any atom is -0.323 e. The molecule has 2 N–H and O–H groups in total. The van der Waals surface area contributed by atoms with Crippen LogP contribution >= 0.6 is 27.5 Å². The summed E-state index contributed by atoms with van der Waals surface area (Å²) < 4.78 is 39.4. The molecule has 34 heavy (non-hydrogen) atoms. The largest absolute Gasteiger partial charge is 0.435 e. The number of aliphatic imine (C=N–C) groups is 2. The van der Waals surface area contributed by atoms with Crippen LogP contribution in [-0.4, -0.2) is 24.2 Å². The zero-order valence-corrected chi connectivity index (χ0v) is 19.5. The number of amidine groups is 1. The number of fused-ring (bicyclic) bond motifs is 1. The van der Waals surface area contributed by atoms with Gasteiger partial charge in [0.2, 0.25) is 0 Å². The van der Waals surface area contributed by atoms with Gasteiger partial charge in [-0.15, -0.1) is 0 Å². The summed E-state index contributed by atoms with van der Waals surface area (Å²) in [5.74, 6) is 0.213. The number of carbonyl (C=O) groups excluding carboxylic acids is 1. The second kappa shape index (κ2) is 9.86. The van der Waals surface area contributed by atoms with Crippen molar-refractivity contribution in [1.29, 1.82) is 0 Å². The number of hydrogen-bond acceptors (Lipinski definition) is 5. The van der Waals surface area contributed by atoms with Crippen LogP contribution < -0.4 is 10.8 Å². The number of hydrogen-bond donors (Lipinski definition) is 2. The number of nitrogens with one attached hydrogen (secondary N) is 2. The van der Waals surface area contributed by atoms with Crippen molar-refractivity contribution in [3.63, 3.8) is 0 Å². The number of hydroxylamine groups is 1. The molecule has 0 spiro atoms. The van der Waals surface area contributed by atoms with Gasteiger partial charge in [-0.3, -0.25) is 10.3 Å². The zero-order chi connectivity index (χ0) is 24.3. The van der Waals surface area contributed by atoms with Crippen molar-refractivity contribution in [2.24, 2.45) is 9.98 Å². The molecule has 174 valence electrons. The van der Waals surface area contributed by atoms with E-state index in [1.807, 2.05) is 24.3 Å². The first-order valence-corrected chi connectivity index (χ1v) is 11.0. The van der Waals surface area contributed by atoms with Crippen molar-refractivity contribution < 1.29 is 22.8 Å². The van der Waals surface area contributed by atoms with E-state index in [0.717, 1.165) is 16.6 Å². The molecule has 0 aliphatic carbocycles. The molecule has 1 heterocycles. The summed E-state index contributed by atoms with van der Waals surface area (Å²) in [5, 5.41) is 2.75. The molecular formula is C23H15BrClF3N4O2. The third kappa shape index (κ3) is 5.57. The summed E-state index contributed by atoms with van der Waals surface area (Å²) in [6.07, 6.45) is -5.55. The lowest BCUT2D eigenvalue weighted by molar-refractivity contribution is -0.137. The molecule has 0 unspecified atom stereocenters. The summed E-state index contributed by atoms with van der Waals surface area (Å²) in [7, 11) is 0. The molecule has 4 rings (SSSR count). The van der Waals surface area contributed by atoms with E-state index in [1.54, 1.807) is 18.2 Å². The molecule has 3 aromatic carbocycles. The van der Waals surface area contributed by atoms with Gasteiger partial charge in [0.05, 0.1) is 17.0 Å². The predicted octanol–water partition coefficient (Wildman–Crippen LogP) is 6.76. The molecular weight excluding hydrogens is 537 g/mol. The van der Waals surface area contributed by atoms with E-state index in [2.05, 4.69) is 36.7 Å². The molecule has 0 bridgehead atoms. The van der Waals surface area contributed by atoms with E-state index in [9.17, 15) is 18.0 Å². The van der Waals surface area contributed by atoms with Crippen LogP contribution in [0.4, 0.5) is 29.3 Å². The third-order valence-corrected chi connectivity index (χ3v) is 5.51. The van der Waals surface area contributed by atoms with Crippen LogP contribution in [0.2, 0.25) is 5.02 Å². The van der Waals surface area contributed by atoms with Gasteiger partial charge in [-0.1, -0.05) is 51.8 Å². The number of benzene rings is 3. The summed E-state index contributed by atoms with van der Waals surface area (Å²) in [4.78, 5) is 26.2. The maximum absolute atomic E-state index is 12.9. The summed E-state index contributed by atoms with van der Waals surface area (Å²) >= 11 is 9.83. The molecule has 1 aliphatic rings. The maximum atomic E-state index is 12.9. The van der Waals surface area contributed by atoms with Gasteiger partial charge in [-0.2, -0.15) is 13.2 Å². The van der Waals surface area contributed by atoms with Gasteiger partial charge in [0.25, 0.3) is 0 Å². The Morgan fingerprint density at radius 1 is 1.03 bits per heavy atom. The second-order valence-electron chi connectivity index (χ2n) is 7.06. The van der Waals surface area contributed by atoms with Crippen molar-refractivity contribution in [1.82, 2.24) is 5.48 Å². The number of nitrogens with zero attached hydrogens (tertiary/aromatic N) is 2. The highest BCUT2D eigenvalue weighted by Gasteiger charge is 2.30. The Hall–Kier alpha value is -3.37. The molecule has 0 atom stereocenters. The molecule has 0 radical (unpaired) electrons. The minimum atomic E-state index is -4.53. The fourth-order valence-electron chi connectivity index (χ4n) is 3.18. The van der Waals surface area contributed by atoms with Crippen LogP contribution in [0.3, 0.4) is 0 Å². The molecule has 6 nitrogen and oxygen atoms in total. The molecule has 0 fully saturated rings. The molecule has 3 aromatic rings. The maximum Gasteiger partial charge on any atom is 0.435 e. The molecule has 1 amide bonds. The van der Waals surface area contributed by atoms with E-state index in [0.29, 0.717) is 27.5 Å². The van der Waals surface area contributed by atoms with Crippen molar-refractivity contribution in [2.75, 3.05) is 11.9 Å². The first-order chi connectivity index (χ1) is 16.2. The number of carbonyl (C=O) groups is 1. The highest BCUT2D eigenvalue weighted by Crippen LogP contribution is 2.31. The quantitative estimate of drug-likeness (QED) is 0.346. The van der Waals surface area contributed by atoms with E-state index in [1.165, 1.54) is 12.1 Å². The number of amides is 1. The minimum absolute atomic E-state index is 0.0314. The lowest BCUT2D eigenvalue weighted by Gasteiger charge is -2.11. The highest BCUT2D eigenvalue weighted by atomic mass is 79.9.